The molecule has 0 unspecified atom stereocenters. The van der Waals surface area contributed by atoms with E-state index in [4.69, 9.17) is 4.42 Å². The number of carbonyl (C=O) groups excluding carboxylic acids is 1. The van der Waals surface area contributed by atoms with Crippen molar-refractivity contribution in [1.29, 1.82) is 0 Å². The topological polar surface area (TPSA) is 118 Å². The standard InChI is InChI=1S/C12H17N3O6S2/c1-8-11(13-7-21-8)12(16)14-3-4-15(22(2,17)18)10-6-23(19,20)5-9(10)14/h7,9-10H,3-6H2,1-2H3/t9-,10+/m1/s1. The van der Waals surface area contributed by atoms with Gasteiger partial charge in [-0.15, -0.1) is 0 Å². The summed E-state index contributed by atoms with van der Waals surface area (Å²) in [6.07, 6.45) is 2.20. The maximum Gasteiger partial charge on any atom is 0.276 e. The molecule has 0 saturated carbocycles. The van der Waals surface area contributed by atoms with E-state index in [2.05, 4.69) is 4.98 Å². The number of sulfonamides is 1. The van der Waals surface area contributed by atoms with Crippen LogP contribution in [0.5, 0.6) is 0 Å². The fraction of sp³-hybridized carbons (Fsp3) is 0.667. The molecule has 2 aliphatic rings. The zero-order valence-electron chi connectivity index (χ0n) is 12.7. The van der Waals surface area contributed by atoms with E-state index in [0.29, 0.717) is 5.76 Å². The first-order valence-electron chi connectivity index (χ1n) is 6.98. The minimum Gasteiger partial charge on any atom is -0.448 e. The maximum atomic E-state index is 12.6. The first-order valence-corrected chi connectivity index (χ1v) is 10.7. The third-order valence-corrected chi connectivity index (χ3v) is 7.26. The Morgan fingerprint density at radius 2 is 1.96 bits per heavy atom. The molecule has 0 radical (unpaired) electrons. The molecule has 0 aromatic carbocycles. The third kappa shape index (κ3) is 2.88. The molecule has 1 amide bonds. The van der Waals surface area contributed by atoms with Crippen LogP contribution in [-0.4, -0.2) is 79.9 Å². The molecule has 0 N–H and O–H groups in total. The number of rotatable bonds is 2. The van der Waals surface area contributed by atoms with Gasteiger partial charge in [0.1, 0.15) is 5.76 Å². The van der Waals surface area contributed by atoms with E-state index in [0.717, 1.165) is 12.6 Å². The van der Waals surface area contributed by atoms with Crippen molar-refractivity contribution in [3.05, 3.63) is 17.8 Å². The number of hydrogen-bond acceptors (Lipinski definition) is 7. The molecule has 23 heavy (non-hydrogen) atoms. The average molecular weight is 363 g/mol. The van der Waals surface area contributed by atoms with Crippen molar-refractivity contribution >= 4 is 25.8 Å². The van der Waals surface area contributed by atoms with Crippen LogP contribution in [0.25, 0.3) is 0 Å². The lowest BCUT2D eigenvalue weighted by Crippen LogP contribution is -2.61. The summed E-state index contributed by atoms with van der Waals surface area (Å²) in [5, 5.41) is 0. The van der Waals surface area contributed by atoms with Crippen molar-refractivity contribution < 1.29 is 26.0 Å². The lowest BCUT2D eigenvalue weighted by Gasteiger charge is -2.42. The first kappa shape index (κ1) is 16.4. The summed E-state index contributed by atoms with van der Waals surface area (Å²) in [6.45, 7) is 1.78. The second-order valence-electron chi connectivity index (χ2n) is 5.84. The highest BCUT2D eigenvalue weighted by molar-refractivity contribution is 7.92. The quantitative estimate of drug-likeness (QED) is 0.652. The molecule has 3 rings (SSSR count). The fourth-order valence-electron chi connectivity index (χ4n) is 3.23. The van der Waals surface area contributed by atoms with Crippen LogP contribution in [0.2, 0.25) is 0 Å². The predicted molar refractivity (Wildman–Crippen MR) is 80.1 cm³/mol. The molecule has 11 heteroatoms. The Hall–Kier alpha value is -1.46. The predicted octanol–water partition coefficient (Wildman–Crippen LogP) is -1.13. The maximum absolute atomic E-state index is 12.6. The fourth-order valence-corrected chi connectivity index (χ4v) is 6.43. The van der Waals surface area contributed by atoms with E-state index >= 15 is 0 Å². The third-order valence-electron chi connectivity index (χ3n) is 4.26. The van der Waals surface area contributed by atoms with Gasteiger partial charge in [-0.05, 0) is 6.92 Å². The van der Waals surface area contributed by atoms with Gasteiger partial charge in [0.2, 0.25) is 10.0 Å². The Kier molecular flexibility index (Phi) is 3.76. The lowest BCUT2D eigenvalue weighted by molar-refractivity contribution is 0.0509. The van der Waals surface area contributed by atoms with Crippen molar-refractivity contribution in [3.8, 4) is 0 Å². The van der Waals surface area contributed by atoms with Crippen LogP contribution in [-0.2, 0) is 19.9 Å². The van der Waals surface area contributed by atoms with Gasteiger partial charge >= 0.3 is 0 Å². The number of amides is 1. The van der Waals surface area contributed by atoms with Crippen LogP contribution in [0.4, 0.5) is 0 Å². The Labute approximate surface area is 134 Å². The number of aromatic nitrogens is 1. The van der Waals surface area contributed by atoms with Crippen molar-refractivity contribution in [2.75, 3.05) is 30.9 Å². The molecule has 1 aromatic rings. The molecule has 3 heterocycles. The van der Waals surface area contributed by atoms with Gasteiger partial charge in [0.05, 0.1) is 29.8 Å². The van der Waals surface area contributed by atoms with E-state index in [-0.39, 0.29) is 30.3 Å². The van der Waals surface area contributed by atoms with Gasteiger partial charge in [-0.3, -0.25) is 4.79 Å². The number of sulfone groups is 1. The van der Waals surface area contributed by atoms with Crippen LogP contribution in [0.15, 0.2) is 10.8 Å². The summed E-state index contributed by atoms with van der Waals surface area (Å²) in [5.41, 5.74) is 0.126. The van der Waals surface area contributed by atoms with E-state index in [1.807, 2.05) is 0 Å². The van der Waals surface area contributed by atoms with Crippen LogP contribution in [0, 0.1) is 6.92 Å². The van der Waals surface area contributed by atoms with Gasteiger partial charge in [0.25, 0.3) is 5.91 Å². The highest BCUT2D eigenvalue weighted by Crippen LogP contribution is 2.29. The van der Waals surface area contributed by atoms with Crippen molar-refractivity contribution in [3.63, 3.8) is 0 Å². The monoisotopic (exact) mass is 363 g/mol. The summed E-state index contributed by atoms with van der Waals surface area (Å²) in [6, 6.07) is -1.45. The Bertz CT molecular complexity index is 844. The zero-order valence-corrected chi connectivity index (χ0v) is 14.3. The van der Waals surface area contributed by atoms with Crippen LogP contribution in [0.1, 0.15) is 16.2 Å². The highest BCUT2D eigenvalue weighted by atomic mass is 32.2. The van der Waals surface area contributed by atoms with Gasteiger partial charge in [-0.2, -0.15) is 4.31 Å². The van der Waals surface area contributed by atoms with Gasteiger partial charge in [0.15, 0.2) is 21.9 Å². The SMILES string of the molecule is Cc1ocnc1C(=O)N1CCN(S(C)(=O)=O)[C@H]2CS(=O)(=O)C[C@H]21. The molecular weight excluding hydrogens is 346 g/mol. The van der Waals surface area contributed by atoms with E-state index in [9.17, 15) is 21.6 Å². The molecule has 2 saturated heterocycles. The Balaban J connectivity index is 1.96. The van der Waals surface area contributed by atoms with E-state index in [1.165, 1.54) is 9.21 Å². The van der Waals surface area contributed by atoms with Crippen LogP contribution in [0.3, 0.4) is 0 Å². The average Bonchev–Trinajstić information content (AvgIpc) is 2.97. The molecule has 0 spiro atoms. The Morgan fingerprint density at radius 1 is 1.30 bits per heavy atom. The Morgan fingerprint density at radius 3 is 2.52 bits per heavy atom. The smallest absolute Gasteiger partial charge is 0.276 e. The number of fused-ring (bicyclic) bond motifs is 1. The second kappa shape index (κ2) is 5.28. The number of nitrogens with zero attached hydrogens (tertiary/aromatic N) is 3. The molecule has 0 aliphatic carbocycles. The van der Waals surface area contributed by atoms with Crippen LogP contribution >= 0.6 is 0 Å². The van der Waals surface area contributed by atoms with Gasteiger partial charge in [0, 0.05) is 13.1 Å². The molecule has 0 bridgehead atoms. The summed E-state index contributed by atoms with van der Waals surface area (Å²) >= 11 is 0. The van der Waals surface area contributed by atoms with Gasteiger partial charge in [-0.25, -0.2) is 21.8 Å². The molecule has 2 fully saturated rings. The lowest BCUT2D eigenvalue weighted by atomic mass is 10.1. The molecule has 1 aromatic heterocycles. The summed E-state index contributed by atoms with van der Waals surface area (Å²) < 4.78 is 54.0. The molecular formula is C12H17N3O6S2. The largest absolute Gasteiger partial charge is 0.448 e. The number of oxazole rings is 1. The summed E-state index contributed by atoms with van der Waals surface area (Å²) in [7, 11) is -6.96. The van der Waals surface area contributed by atoms with Crippen molar-refractivity contribution in [2.45, 2.75) is 19.0 Å². The molecule has 2 atom stereocenters. The number of carbonyl (C=O) groups is 1. The normalized spacial score (nSPS) is 27.8. The number of aryl methyl sites for hydroxylation is 1. The minimum atomic E-state index is -3.54. The summed E-state index contributed by atoms with van der Waals surface area (Å²) in [5.74, 6) is -0.604. The van der Waals surface area contributed by atoms with Crippen molar-refractivity contribution in [1.82, 2.24) is 14.2 Å². The molecule has 2 aliphatic heterocycles. The highest BCUT2D eigenvalue weighted by Gasteiger charge is 2.50. The molecule has 128 valence electrons. The van der Waals surface area contributed by atoms with Crippen LogP contribution < -0.4 is 0 Å². The van der Waals surface area contributed by atoms with E-state index in [1.54, 1.807) is 6.92 Å². The van der Waals surface area contributed by atoms with Gasteiger partial charge in [-0.1, -0.05) is 0 Å². The van der Waals surface area contributed by atoms with Gasteiger partial charge < -0.3 is 9.32 Å². The molecule has 9 nitrogen and oxygen atoms in total. The van der Waals surface area contributed by atoms with Crippen molar-refractivity contribution in [2.24, 2.45) is 0 Å². The first-order chi connectivity index (χ1) is 10.6. The summed E-state index contributed by atoms with van der Waals surface area (Å²) in [4.78, 5) is 17.9. The van der Waals surface area contributed by atoms with E-state index < -0.39 is 37.9 Å². The number of hydrogen-bond donors (Lipinski definition) is 0. The zero-order chi connectivity index (χ0) is 17.0. The minimum absolute atomic E-state index is 0.0676. The number of piperazine rings is 1. The second-order valence-corrected chi connectivity index (χ2v) is 9.93.